The van der Waals surface area contributed by atoms with E-state index in [9.17, 15) is 9.59 Å². The van der Waals surface area contributed by atoms with E-state index in [-0.39, 0.29) is 11.8 Å². The highest BCUT2D eigenvalue weighted by Gasteiger charge is 2.20. The van der Waals surface area contributed by atoms with Crippen molar-refractivity contribution in [2.45, 2.75) is 19.4 Å². The molecule has 25 heavy (non-hydrogen) atoms. The van der Waals surface area contributed by atoms with Crippen LogP contribution in [-0.2, 0) is 11.8 Å². The Hall–Kier alpha value is -3.16. The predicted molar refractivity (Wildman–Crippen MR) is 91.9 cm³/mol. The Bertz CT molecular complexity index is 843. The van der Waals surface area contributed by atoms with E-state index in [0.717, 1.165) is 11.1 Å². The molecule has 1 aliphatic heterocycles. The van der Waals surface area contributed by atoms with Crippen LogP contribution in [0.4, 0.5) is 10.5 Å². The maximum atomic E-state index is 12.4. The highest BCUT2D eigenvalue weighted by atomic mass is 16.4. The Labute approximate surface area is 144 Å². The first-order valence-electron chi connectivity index (χ1n) is 7.90. The summed E-state index contributed by atoms with van der Waals surface area (Å²) in [5, 5.41) is 18.7. The number of amides is 2. The van der Waals surface area contributed by atoms with Crippen molar-refractivity contribution < 1.29 is 14.7 Å². The van der Waals surface area contributed by atoms with Gasteiger partial charge in [-0.05, 0) is 18.1 Å². The lowest BCUT2D eigenvalue weighted by molar-refractivity contribution is -0.118. The van der Waals surface area contributed by atoms with Crippen LogP contribution in [0, 0.1) is 5.92 Å². The number of pyridine rings is 1. The van der Waals surface area contributed by atoms with Gasteiger partial charge in [-0.2, -0.15) is 5.10 Å². The van der Waals surface area contributed by atoms with Crippen molar-refractivity contribution in [3.63, 3.8) is 0 Å². The smallest absolute Gasteiger partial charge is 0.405 e. The minimum absolute atomic E-state index is 0.155. The van der Waals surface area contributed by atoms with Gasteiger partial charge in [-0.1, -0.05) is 19.1 Å². The van der Waals surface area contributed by atoms with Gasteiger partial charge in [-0.25, -0.2) is 4.79 Å². The molecular weight excluding hydrogens is 322 g/mol. The Morgan fingerprint density at radius 2 is 2.20 bits per heavy atom. The molecule has 8 nitrogen and oxygen atoms in total. The topological polar surface area (TPSA) is 109 Å². The molecule has 2 amide bonds. The van der Waals surface area contributed by atoms with Gasteiger partial charge in [0.25, 0.3) is 0 Å². The number of anilines is 1. The molecule has 0 saturated carbocycles. The van der Waals surface area contributed by atoms with Crippen molar-refractivity contribution in [1.29, 1.82) is 0 Å². The first kappa shape index (κ1) is 16.7. The van der Waals surface area contributed by atoms with E-state index in [0.29, 0.717) is 17.8 Å². The number of nitrogens with one attached hydrogen (secondary N) is 2. The number of carboxylic acid groups (broad SMARTS) is 1. The van der Waals surface area contributed by atoms with Crippen molar-refractivity contribution in [3.8, 4) is 11.3 Å². The predicted octanol–water partition coefficient (Wildman–Crippen LogP) is 2.33. The molecule has 1 aliphatic rings. The summed E-state index contributed by atoms with van der Waals surface area (Å²) in [6.45, 7) is 1.79. The lowest BCUT2D eigenvalue weighted by atomic mass is 10.0. The number of hydrogen-bond donors (Lipinski definition) is 3. The molecule has 0 radical (unpaired) electrons. The zero-order valence-corrected chi connectivity index (χ0v) is 13.9. The van der Waals surface area contributed by atoms with E-state index < -0.39 is 12.1 Å². The van der Waals surface area contributed by atoms with Crippen LogP contribution in [0.3, 0.4) is 0 Å². The Balaban J connectivity index is 2.13. The summed E-state index contributed by atoms with van der Waals surface area (Å²) in [6, 6.07) is 1.41. The fraction of sp³-hybridized carbons (Fsp3) is 0.294. The summed E-state index contributed by atoms with van der Waals surface area (Å²) in [4.78, 5) is 27.7. The SMILES string of the molecule is C[C@@H]1/C=C/C[C@H](NC(=O)O)c2cncc(c2)-c2c(cnn2C)NC1=O. The number of nitrogens with zero attached hydrogens (tertiary/aromatic N) is 3. The van der Waals surface area contributed by atoms with Crippen LogP contribution in [-0.4, -0.2) is 31.9 Å². The lowest BCUT2D eigenvalue weighted by Crippen LogP contribution is -2.27. The van der Waals surface area contributed by atoms with Gasteiger partial charge in [0.1, 0.15) is 0 Å². The molecule has 0 saturated heterocycles. The number of aryl methyl sites for hydroxylation is 1. The monoisotopic (exact) mass is 341 g/mol. The van der Waals surface area contributed by atoms with Crippen LogP contribution < -0.4 is 10.6 Å². The van der Waals surface area contributed by atoms with E-state index >= 15 is 0 Å². The van der Waals surface area contributed by atoms with E-state index in [2.05, 4.69) is 20.7 Å². The van der Waals surface area contributed by atoms with Crippen molar-refractivity contribution >= 4 is 17.7 Å². The molecule has 130 valence electrons. The minimum Gasteiger partial charge on any atom is -0.465 e. The number of hydrogen-bond acceptors (Lipinski definition) is 4. The van der Waals surface area contributed by atoms with E-state index in [4.69, 9.17) is 5.11 Å². The van der Waals surface area contributed by atoms with Gasteiger partial charge in [0.05, 0.1) is 29.5 Å². The average molecular weight is 341 g/mol. The van der Waals surface area contributed by atoms with Crippen LogP contribution in [0.1, 0.15) is 24.9 Å². The van der Waals surface area contributed by atoms with Crippen molar-refractivity contribution in [1.82, 2.24) is 20.1 Å². The van der Waals surface area contributed by atoms with Crippen LogP contribution in [0.5, 0.6) is 0 Å². The van der Waals surface area contributed by atoms with Gasteiger partial charge < -0.3 is 15.7 Å². The van der Waals surface area contributed by atoms with E-state index in [1.165, 1.54) is 0 Å². The average Bonchev–Trinajstić information content (AvgIpc) is 2.93. The zero-order valence-electron chi connectivity index (χ0n) is 13.9. The van der Waals surface area contributed by atoms with Gasteiger partial charge in [-0.15, -0.1) is 0 Å². The summed E-state index contributed by atoms with van der Waals surface area (Å²) in [7, 11) is 1.78. The maximum absolute atomic E-state index is 12.4. The fourth-order valence-electron chi connectivity index (χ4n) is 2.83. The standard InChI is InChI=1S/C17H19N5O3/c1-10-4-3-5-13(21-17(24)25)11-6-12(8-18-7-11)15-14(20-16(10)23)9-19-22(15)2/h3-4,6-10,13,21H,5H2,1-2H3,(H,20,23)(H,24,25)/b4-3+/t10-,13+/m1/s1. The number of fused-ring (bicyclic) bond motifs is 4. The molecule has 0 unspecified atom stereocenters. The normalized spacial score (nSPS) is 21.3. The first-order valence-corrected chi connectivity index (χ1v) is 7.90. The second-order valence-electron chi connectivity index (χ2n) is 5.98. The maximum Gasteiger partial charge on any atom is 0.405 e. The zero-order chi connectivity index (χ0) is 18.0. The Morgan fingerprint density at radius 1 is 1.40 bits per heavy atom. The van der Waals surface area contributed by atoms with Gasteiger partial charge in [0.15, 0.2) is 0 Å². The second-order valence-corrected chi connectivity index (χ2v) is 5.98. The molecule has 2 bridgehead atoms. The van der Waals surface area contributed by atoms with Gasteiger partial charge in [0, 0.05) is 25.0 Å². The molecule has 3 rings (SSSR count). The molecule has 3 heterocycles. The first-order chi connectivity index (χ1) is 12.0. The summed E-state index contributed by atoms with van der Waals surface area (Å²) in [5.74, 6) is -0.507. The summed E-state index contributed by atoms with van der Waals surface area (Å²) < 4.78 is 1.66. The molecule has 0 fully saturated rings. The largest absolute Gasteiger partial charge is 0.465 e. The quantitative estimate of drug-likeness (QED) is 0.690. The third kappa shape index (κ3) is 3.52. The third-order valence-corrected chi connectivity index (χ3v) is 4.14. The second kappa shape index (κ2) is 6.76. The molecule has 0 spiro atoms. The highest BCUT2D eigenvalue weighted by Crippen LogP contribution is 2.30. The summed E-state index contributed by atoms with van der Waals surface area (Å²) in [5.41, 5.74) is 2.81. The van der Waals surface area contributed by atoms with Crippen molar-refractivity contribution in [2.24, 2.45) is 13.0 Å². The number of rotatable bonds is 1. The molecule has 2 aromatic rings. The highest BCUT2D eigenvalue weighted by molar-refractivity contribution is 5.96. The van der Waals surface area contributed by atoms with Crippen LogP contribution in [0.2, 0.25) is 0 Å². The van der Waals surface area contributed by atoms with Gasteiger partial charge in [-0.3, -0.25) is 14.5 Å². The molecule has 3 N–H and O–H groups in total. The van der Waals surface area contributed by atoms with E-state index in [1.54, 1.807) is 43.3 Å². The Morgan fingerprint density at radius 3 is 2.96 bits per heavy atom. The van der Waals surface area contributed by atoms with Crippen molar-refractivity contribution in [2.75, 3.05) is 5.32 Å². The minimum atomic E-state index is -1.11. The molecule has 8 heteroatoms. The Kier molecular flexibility index (Phi) is 4.51. The van der Waals surface area contributed by atoms with Crippen LogP contribution >= 0.6 is 0 Å². The molecule has 2 atom stereocenters. The molecular formula is C17H19N5O3. The summed E-state index contributed by atoms with van der Waals surface area (Å²) >= 11 is 0. The number of carbonyl (C=O) groups is 2. The summed E-state index contributed by atoms with van der Waals surface area (Å²) in [6.07, 6.45) is 7.79. The van der Waals surface area contributed by atoms with Crippen LogP contribution in [0.15, 0.2) is 36.8 Å². The van der Waals surface area contributed by atoms with E-state index in [1.807, 2.05) is 12.1 Å². The number of aromatic nitrogens is 3. The van der Waals surface area contributed by atoms with Gasteiger partial charge in [0.2, 0.25) is 5.91 Å². The van der Waals surface area contributed by atoms with Gasteiger partial charge >= 0.3 is 6.09 Å². The lowest BCUT2D eigenvalue weighted by Gasteiger charge is -2.18. The van der Waals surface area contributed by atoms with Crippen molar-refractivity contribution in [3.05, 3.63) is 42.4 Å². The van der Waals surface area contributed by atoms with Crippen LogP contribution in [0.25, 0.3) is 11.3 Å². The molecule has 2 aromatic heterocycles. The number of carbonyl (C=O) groups excluding carboxylic acids is 1. The molecule has 0 aromatic carbocycles. The molecule has 0 aliphatic carbocycles. The fourth-order valence-corrected chi connectivity index (χ4v) is 2.83. The third-order valence-electron chi connectivity index (χ3n) is 4.14.